The van der Waals surface area contributed by atoms with Gasteiger partial charge in [0.05, 0.1) is 23.1 Å². The fourth-order valence-corrected chi connectivity index (χ4v) is 5.54. The lowest BCUT2D eigenvalue weighted by Gasteiger charge is -2.41. The van der Waals surface area contributed by atoms with Gasteiger partial charge in [0.25, 0.3) is 11.9 Å². The van der Waals surface area contributed by atoms with Gasteiger partial charge in [-0.15, -0.1) is 0 Å². The Labute approximate surface area is 215 Å². The van der Waals surface area contributed by atoms with E-state index in [-0.39, 0.29) is 11.7 Å². The minimum atomic E-state index is -0.350. The summed E-state index contributed by atoms with van der Waals surface area (Å²) in [4.78, 5) is 26.7. The van der Waals surface area contributed by atoms with E-state index in [1.807, 2.05) is 11.8 Å². The van der Waals surface area contributed by atoms with E-state index in [0.717, 1.165) is 25.9 Å². The maximum atomic E-state index is 14.3. The second kappa shape index (κ2) is 9.86. The Morgan fingerprint density at radius 2 is 1.73 bits per heavy atom. The Kier molecular flexibility index (Phi) is 6.26. The first-order valence-electron chi connectivity index (χ1n) is 12.8. The zero-order valence-electron chi connectivity index (χ0n) is 20.8. The molecule has 0 spiro atoms. The largest absolute Gasteiger partial charge is 0.336 e. The summed E-state index contributed by atoms with van der Waals surface area (Å²) in [5.41, 5.74) is 5.01. The first-order valence-corrected chi connectivity index (χ1v) is 12.8. The molecule has 8 heteroatoms. The molecule has 0 saturated carbocycles. The van der Waals surface area contributed by atoms with Gasteiger partial charge in [0.1, 0.15) is 5.82 Å². The van der Waals surface area contributed by atoms with Crippen molar-refractivity contribution in [3.8, 4) is 17.2 Å². The molecule has 0 radical (unpaired) electrons. The van der Waals surface area contributed by atoms with Crippen LogP contribution in [0.3, 0.4) is 0 Å². The van der Waals surface area contributed by atoms with Gasteiger partial charge in [0.15, 0.2) is 0 Å². The maximum Gasteiger partial charge on any atom is 0.257 e. The summed E-state index contributed by atoms with van der Waals surface area (Å²) >= 11 is 0. The van der Waals surface area contributed by atoms with Crippen LogP contribution in [0.1, 0.15) is 33.6 Å². The molecular weight excluding hydrogens is 467 g/mol. The number of carbonyl (C=O) groups is 1. The predicted octanol–water partition coefficient (Wildman–Crippen LogP) is 4.09. The van der Waals surface area contributed by atoms with Crippen molar-refractivity contribution in [2.75, 3.05) is 26.2 Å². The van der Waals surface area contributed by atoms with E-state index < -0.39 is 0 Å². The third-order valence-corrected chi connectivity index (χ3v) is 7.66. The maximum absolute atomic E-state index is 14.3. The van der Waals surface area contributed by atoms with Gasteiger partial charge in [-0.1, -0.05) is 36.4 Å². The molecule has 1 fully saturated rings. The number of amides is 1. The number of fused-ring (bicyclic) bond motifs is 1. The van der Waals surface area contributed by atoms with Gasteiger partial charge in [-0.25, -0.2) is 19.0 Å². The fraction of sp³-hybridized carbons (Fsp3) is 0.310. The predicted molar refractivity (Wildman–Crippen MR) is 139 cm³/mol. The normalized spacial score (nSPS) is 18.0. The van der Waals surface area contributed by atoms with Crippen molar-refractivity contribution in [3.05, 3.63) is 95.2 Å². The van der Waals surface area contributed by atoms with Crippen molar-refractivity contribution in [1.29, 1.82) is 0 Å². The third kappa shape index (κ3) is 4.53. The topological polar surface area (TPSA) is 67.2 Å². The Hall–Kier alpha value is -3.91. The highest BCUT2D eigenvalue weighted by Gasteiger charge is 2.30. The van der Waals surface area contributed by atoms with E-state index in [1.165, 1.54) is 23.6 Å². The highest BCUT2D eigenvalue weighted by atomic mass is 19.1. The van der Waals surface area contributed by atoms with Crippen molar-refractivity contribution in [2.45, 2.75) is 32.2 Å². The first kappa shape index (κ1) is 23.5. The molecule has 4 aromatic rings. The van der Waals surface area contributed by atoms with Crippen LogP contribution < -0.4 is 0 Å². The van der Waals surface area contributed by atoms with E-state index in [2.05, 4.69) is 44.2 Å². The number of hydrogen-bond donors (Lipinski definition) is 0. The van der Waals surface area contributed by atoms with Crippen molar-refractivity contribution in [2.24, 2.45) is 0 Å². The number of carbonyl (C=O) groups excluding carboxylic acids is 1. The lowest BCUT2D eigenvalue weighted by atomic mass is 9.87. The van der Waals surface area contributed by atoms with Crippen LogP contribution in [0.15, 0.2) is 67.0 Å². The molecule has 37 heavy (non-hydrogen) atoms. The Balaban J connectivity index is 1.14. The van der Waals surface area contributed by atoms with E-state index in [4.69, 9.17) is 0 Å². The summed E-state index contributed by atoms with van der Waals surface area (Å²) in [6, 6.07) is 17.4. The van der Waals surface area contributed by atoms with Gasteiger partial charge < -0.3 is 4.90 Å². The number of rotatable bonds is 4. The Morgan fingerprint density at radius 3 is 2.54 bits per heavy atom. The van der Waals surface area contributed by atoms with Gasteiger partial charge >= 0.3 is 0 Å². The number of benzene rings is 2. The van der Waals surface area contributed by atoms with E-state index in [9.17, 15) is 9.18 Å². The first-order chi connectivity index (χ1) is 18.1. The summed E-state index contributed by atoms with van der Waals surface area (Å²) in [6.45, 7) is 4.98. The molecule has 1 aliphatic heterocycles. The van der Waals surface area contributed by atoms with Gasteiger partial charge in [0, 0.05) is 44.0 Å². The van der Waals surface area contributed by atoms with Crippen LogP contribution in [0.5, 0.6) is 0 Å². The second-order valence-electron chi connectivity index (χ2n) is 9.77. The van der Waals surface area contributed by atoms with Crippen molar-refractivity contribution in [1.82, 2.24) is 29.5 Å². The quantitative estimate of drug-likeness (QED) is 0.426. The number of piperazine rings is 1. The zero-order chi connectivity index (χ0) is 25.4. The summed E-state index contributed by atoms with van der Waals surface area (Å²) in [7, 11) is 0. The summed E-state index contributed by atoms with van der Waals surface area (Å²) < 4.78 is 15.8. The molecule has 6 rings (SSSR count). The van der Waals surface area contributed by atoms with Crippen molar-refractivity contribution >= 4 is 5.91 Å². The average molecular weight is 497 g/mol. The Morgan fingerprint density at radius 1 is 0.973 bits per heavy atom. The van der Waals surface area contributed by atoms with Crippen LogP contribution in [-0.2, 0) is 12.8 Å². The molecule has 2 aromatic heterocycles. The van der Waals surface area contributed by atoms with Crippen molar-refractivity contribution < 1.29 is 9.18 Å². The second-order valence-corrected chi connectivity index (χ2v) is 9.77. The monoisotopic (exact) mass is 496 g/mol. The number of aromatic nitrogens is 4. The van der Waals surface area contributed by atoms with E-state index >= 15 is 0 Å². The van der Waals surface area contributed by atoms with E-state index in [1.54, 1.807) is 41.3 Å². The van der Waals surface area contributed by atoms with Crippen LogP contribution in [0.4, 0.5) is 4.39 Å². The van der Waals surface area contributed by atoms with Gasteiger partial charge in [0.2, 0.25) is 0 Å². The summed E-state index contributed by atoms with van der Waals surface area (Å²) in [5, 5.41) is 4.41. The average Bonchev–Trinajstić information content (AvgIpc) is 3.34. The highest BCUT2D eigenvalue weighted by molar-refractivity contribution is 5.95. The number of nitrogens with zero attached hydrogens (tertiary/aromatic N) is 6. The van der Waals surface area contributed by atoms with Crippen LogP contribution in [0.2, 0.25) is 0 Å². The zero-order valence-corrected chi connectivity index (χ0v) is 20.8. The van der Waals surface area contributed by atoms with Gasteiger partial charge in [-0.05, 0) is 55.5 Å². The number of aryl methyl sites for hydroxylation is 1. The third-order valence-electron chi connectivity index (χ3n) is 7.66. The lowest BCUT2D eigenvalue weighted by molar-refractivity contribution is 0.0552. The van der Waals surface area contributed by atoms with Crippen molar-refractivity contribution in [3.63, 3.8) is 0 Å². The van der Waals surface area contributed by atoms with E-state index in [0.29, 0.717) is 47.6 Å². The molecule has 1 aliphatic carbocycles. The van der Waals surface area contributed by atoms with Crippen LogP contribution in [-0.4, -0.2) is 67.7 Å². The standard InChI is InChI=1S/C29H29FN6O/c1-20-25(19-32-36(20)29-31-13-12-27(33-29)24-8-4-5-9-26(24)30)28(37)35-16-14-34(15-17-35)23-11-10-21-6-2-3-7-22(21)18-23/h2-9,12-13,19,23H,10-11,14-18H2,1H3/t23-/m0/s1. The molecule has 3 heterocycles. The smallest absolute Gasteiger partial charge is 0.257 e. The molecule has 1 amide bonds. The molecular formula is C29H29FN6O. The van der Waals surface area contributed by atoms with Crippen LogP contribution in [0, 0.1) is 12.7 Å². The van der Waals surface area contributed by atoms with Gasteiger partial charge in [-0.3, -0.25) is 9.69 Å². The highest BCUT2D eigenvalue weighted by Crippen LogP contribution is 2.26. The molecule has 0 N–H and O–H groups in total. The molecule has 1 saturated heterocycles. The molecule has 2 aromatic carbocycles. The van der Waals surface area contributed by atoms with Crippen LogP contribution in [0.25, 0.3) is 17.2 Å². The molecule has 2 aliphatic rings. The molecule has 188 valence electrons. The summed E-state index contributed by atoms with van der Waals surface area (Å²) in [6.07, 6.45) is 6.54. The number of hydrogen-bond acceptors (Lipinski definition) is 5. The number of halogens is 1. The lowest BCUT2D eigenvalue weighted by Crippen LogP contribution is -2.53. The molecule has 1 atom stereocenters. The minimum absolute atomic E-state index is 0.0253. The summed E-state index contributed by atoms with van der Waals surface area (Å²) in [5.74, 6) is -0.0702. The molecule has 0 bridgehead atoms. The molecule has 0 unspecified atom stereocenters. The SMILES string of the molecule is Cc1c(C(=O)N2CCN([C@H]3CCc4ccccc4C3)CC2)cnn1-c1nccc(-c2ccccc2F)n1. The Bertz CT molecular complexity index is 1440. The molecule has 7 nitrogen and oxygen atoms in total. The van der Waals surface area contributed by atoms with Crippen LogP contribution >= 0.6 is 0 Å². The minimum Gasteiger partial charge on any atom is -0.336 e. The fourth-order valence-electron chi connectivity index (χ4n) is 5.54. The van der Waals surface area contributed by atoms with Gasteiger partial charge in [-0.2, -0.15) is 5.10 Å².